The van der Waals surface area contributed by atoms with E-state index in [0.29, 0.717) is 14.3 Å². The van der Waals surface area contributed by atoms with Gasteiger partial charge in [-0.25, -0.2) is 9.37 Å². The Labute approximate surface area is 115 Å². The van der Waals surface area contributed by atoms with Gasteiger partial charge >= 0.3 is 0 Å². The maximum Gasteiger partial charge on any atom is 0.258 e. The fourth-order valence-corrected chi connectivity index (χ4v) is 2.65. The molecule has 0 radical (unpaired) electrons. The van der Waals surface area contributed by atoms with Gasteiger partial charge in [0.1, 0.15) is 5.82 Å². The lowest BCUT2D eigenvalue weighted by Crippen LogP contribution is -2.13. The highest BCUT2D eigenvalue weighted by atomic mass is 127. The maximum atomic E-state index is 12.9. The number of thiazole rings is 1. The third-order valence-electron chi connectivity index (χ3n) is 2.02. The fraction of sp³-hybridized carbons (Fsp3) is 0.0909. The zero-order valence-electron chi connectivity index (χ0n) is 8.83. The lowest BCUT2D eigenvalue weighted by molar-refractivity contribution is 0.102. The Morgan fingerprint density at radius 1 is 1.53 bits per heavy atom. The molecule has 1 aromatic heterocycles. The summed E-state index contributed by atoms with van der Waals surface area (Å²) in [7, 11) is 0. The predicted octanol–water partition coefficient (Wildman–Crippen LogP) is 3.45. The molecule has 2 rings (SSSR count). The number of amides is 1. The van der Waals surface area contributed by atoms with E-state index in [-0.39, 0.29) is 11.7 Å². The van der Waals surface area contributed by atoms with Crippen LogP contribution in [0.25, 0.3) is 0 Å². The van der Waals surface area contributed by atoms with E-state index in [1.807, 2.05) is 34.9 Å². The second-order valence-electron chi connectivity index (χ2n) is 3.37. The minimum atomic E-state index is -0.351. The van der Waals surface area contributed by atoms with Crippen molar-refractivity contribution in [3.63, 3.8) is 0 Å². The molecule has 1 aromatic carbocycles. The van der Waals surface area contributed by atoms with Crippen LogP contribution in [0.3, 0.4) is 0 Å². The first-order valence-corrected chi connectivity index (χ1v) is 6.70. The summed E-state index contributed by atoms with van der Waals surface area (Å²) < 4.78 is 13.5. The lowest BCUT2D eigenvalue weighted by atomic mass is 10.2. The molecule has 88 valence electrons. The third-order valence-corrected chi connectivity index (χ3v) is 3.78. The molecule has 6 heteroatoms. The second kappa shape index (κ2) is 5.09. The quantitative estimate of drug-likeness (QED) is 0.832. The van der Waals surface area contributed by atoms with Crippen LogP contribution >= 0.6 is 33.9 Å². The number of nitrogens with zero attached hydrogens (tertiary/aromatic N) is 1. The number of halogens is 2. The Balaban J connectivity index is 2.20. The van der Waals surface area contributed by atoms with Crippen LogP contribution in [0.5, 0.6) is 0 Å². The van der Waals surface area contributed by atoms with Crippen LogP contribution in [0.4, 0.5) is 9.52 Å². The van der Waals surface area contributed by atoms with Gasteiger partial charge in [-0.3, -0.25) is 10.1 Å². The predicted molar refractivity (Wildman–Crippen MR) is 73.9 cm³/mol. The van der Waals surface area contributed by atoms with Crippen molar-refractivity contribution in [3.05, 3.63) is 44.2 Å². The standard InChI is InChI=1S/C11H8FIN2OS/c1-6-5-17-11(14-6)15-10(16)8-3-2-7(12)4-9(8)13/h2-5H,1H3,(H,14,15,16). The van der Waals surface area contributed by atoms with Gasteiger partial charge < -0.3 is 0 Å². The molecule has 1 amide bonds. The molecule has 0 aliphatic rings. The minimum absolute atomic E-state index is 0.274. The van der Waals surface area contributed by atoms with Crippen molar-refractivity contribution in [3.8, 4) is 0 Å². The molecular formula is C11H8FIN2OS. The van der Waals surface area contributed by atoms with E-state index in [0.717, 1.165) is 5.69 Å². The number of benzene rings is 1. The van der Waals surface area contributed by atoms with Crippen molar-refractivity contribution >= 4 is 45.0 Å². The second-order valence-corrected chi connectivity index (χ2v) is 5.39. The first kappa shape index (κ1) is 12.4. The molecule has 0 unspecified atom stereocenters. The van der Waals surface area contributed by atoms with Gasteiger partial charge in [0.15, 0.2) is 5.13 Å². The summed E-state index contributed by atoms with van der Waals surface area (Å²) in [5.74, 6) is -0.625. The normalized spacial score (nSPS) is 10.3. The van der Waals surface area contributed by atoms with E-state index in [1.54, 1.807) is 0 Å². The summed E-state index contributed by atoms with van der Waals surface area (Å²) in [6, 6.07) is 4.06. The Bertz CT molecular complexity index is 570. The smallest absolute Gasteiger partial charge is 0.258 e. The van der Waals surface area contributed by atoms with Gasteiger partial charge in [-0.1, -0.05) is 0 Å². The molecule has 2 aromatic rings. The average molecular weight is 362 g/mol. The fourth-order valence-electron chi connectivity index (χ4n) is 1.25. The highest BCUT2D eigenvalue weighted by Gasteiger charge is 2.12. The minimum Gasteiger partial charge on any atom is -0.298 e. The van der Waals surface area contributed by atoms with Crippen LogP contribution in [0.2, 0.25) is 0 Å². The number of hydrogen-bond donors (Lipinski definition) is 1. The summed E-state index contributed by atoms with van der Waals surface area (Å²) in [6.45, 7) is 1.85. The number of aryl methyl sites for hydroxylation is 1. The van der Waals surface area contributed by atoms with E-state index in [2.05, 4.69) is 10.3 Å². The summed E-state index contributed by atoms with van der Waals surface area (Å²) in [6.07, 6.45) is 0. The summed E-state index contributed by atoms with van der Waals surface area (Å²) in [4.78, 5) is 16.0. The average Bonchev–Trinajstić information content (AvgIpc) is 2.63. The van der Waals surface area contributed by atoms with Crippen LogP contribution in [-0.2, 0) is 0 Å². The summed E-state index contributed by atoms with van der Waals surface area (Å²) in [5, 5.41) is 5.08. The molecule has 17 heavy (non-hydrogen) atoms. The molecule has 1 heterocycles. The molecule has 1 N–H and O–H groups in total. The maximum absolute atomic E-state index is 12.9. The number of anilines is 1. The number of nitrogens with one attached hydrogen (secondary N) is 1. The van der Waals surface area contributed by atoms with Gasteiger partial charge in [-0.15, -0.1) is 11.3 Å². The van der Waals surface area contributed by atoms with Crippen molar-refractivity contribution in [2.45, 2.75) is 6.92 Å². The van der Waals surface area contributed by atoms with Crippen molar-refractivity contribution in [2.75, 3.05) is 5.32 Å². The largest absolute Gasteiger partial charge is 0.298 e. The Kier molecular flexibility index (Phi) is 3.72. The number of hydrogen-bond acceptors (Lipinski definition) is 3. The van der Waals surface area contributed by atoms with Crippen molar-refractivity contribution in [1.29, 1.82) is 0 Å². The molecule has 0 bridgehead atoms. The molecule has 3 nitrogen and oxygen atoms in total. The Morgan fingerprint density at radius 3 is 2.88 bits per heavy atom. The summed E-state index contributed by atoms with van der Waals surface area (Å²) in [5.41, 5.74) is 1.30. The molecule has 0 fully saturated rings. The van der Waals surface area contributed by atoms with Gasteiger partial charge in [-0.2, -0.15) is 0 Å². The topological polar surface area (TPSA) is 42.0 Å². The molecule has 0 saturated heterocycles. The highest BCUT2D eigenvalue weighted by Crippen LogP contribution is 2.18. The molecular weight excluding hydrogens is 354 g/mol. The number of aromatic nitrogens is 1. The van der Waals surface area contributed by atoms with Crippen molar-refractivity contribution in [1.82, 2.24) is 4.98 Å². The summed E-state index contributed by atoms with van der Waals surface area (Å²) >= 11 is 3.29. The number of rotatable bonds is 2. The van der Waals surface area contributed by atoms with E-state index in [9.17, 15) is 9.18 Å². The van der Waals surface area contributed by atoms with Crippen LogP contribution in [0, 0.1) is 16.3 Å². The Hall–Kier alpha value is -1.02. The van der Waals surface area contributed by atoms with Crippen molar-refractivity contribution in [2.24, 2.45) is 0 Å². The van der Waals surface area contributed by atoms with Crippen LogP contribution < -0.4 is 5.32 Å². The zero-order chi connectivity index (χ0) is 12.4. The highest BCUT2D eigenvalue weighted by molar-refractivity contribution is 14.1. The zero-order valence-corrected chi connectivity index (χ0v) is 11.8. The van der Waals surface area contributed by atoms with Crippen molar-refractivity contribution < 1.29 is 9.18 Å². The van der Waals surface area contributed by atoms with Crippen LogP contribution in [0.1, 0.15) is 16.1 Å². The number of carbonyl (C=O) groups excluding carboxylic acids is 1. The Morgan fingerprint density at radius 2 is 2.29 bits per heavy atom. The molecule has 0 saturated carbocycles. The van der Waals surface area contributed by atoms with E-state index in [4.69, 9.17) is 0 Å². The first-order chi connectivity index (χ1) is 8.06. The van der Waals surface area contributed by atoms with Gasteiger partial charge in [-0.05, 0) is 47.7 Å². The van der Waals surface area contributed by atoms with Gasteiger partial charge in [0.25, 0.3) is 5.91 Å². The van der Waals surface area contributed by atoms with Gasteiger partial charge in [0.2, 0.25) is 0 Å². The SMILES string of the molecule is Cc1csc(NC(=O)c2ccc(F)cc2I)n1. The van der Waals surface area contributed by atoms with E-state index < -0.39 is 0 Å². The molecule has 0 spiro atoms. The molecule has 0 aliphatic heterocycles. The number of carbonyl (C=O) groups is 1. The van der Waals surface area contributed by atoms with E-state index >= 15 is 0 Å². The molecule has 0 atom stereocenters. The third kappa shape index (κ3) is 3.01. The first-order valence-electron chi connectivity index (χ1n) is 4.75. The lowest BCUT2D eigenvalue weighted by Gasteiger charge is -2.04. The van der Waals surface area contributed by atoms with Gasteiger partial charge in [0.05, 0.1) is 11.3 Å². The van der Waals surface area contributed by atoms with E-state index in [1.165, 1.54) is 29.5 Å². The monoisotopic (exact) mass is 362 g/mol. The van der Waals surface area contributed by atoms with Crippen LogP contribution in [-0.4, -0.2) is 10.9 Å². The van der Waals surface area contributed by atoms with Crippen LogP contribution in [0.15, 0.2) is 23.6 Å². The van der Waals surface area contributed by atoms with Gasteiger partial charge in [0, 0.05) is 8.95 Å². The molecule has 0 aliphatic carbocycles.